The Morgan fingerprint density at radius 1 is 1.06 bits per heavy atom. The monoisotopic (exact) mass is 435 g/mol. The molecule has 3 rings (SSSR count). The lowest BCUT2D eigenvalue weighted by atomic mass is 10.0. The number of nitrogens with two attached hydrogens (primary N) is 1. The second kappa shape index (κ2) is 11.4. The van der Waals surface area contributed by atoms with E-state index in [0.29, 0.717) is 6.54 Å². The zero-order valence-electron chi connectivity index (χ0n) is 18.1. The SMILES string of the molecule is CN(C)Cc1ccc(CSCCN(CCc2cccc3ccccc23)C(N)=NC#N)o1. The molecule has 0 unspecified atom stereocenters. The van der Waals surface area contributed by atoms with Crippen molar-refractivity contribution in [2.75, 3.05) is 32.9 Å². The van der Waals surface area contributed by atoms with Crippen LogP contribution in [0.15, 0.2) is 64.0 Å². The third kappa shape index (κ3) is 6.78. The molecular formula is C24H29N5OS. The summed E-state index contributed by atoms with van der Waals surface area (Å²) in [6.45, 7) is 2.23. The van der Waals surface area contributed by atoms with Crippen LogP contribution in [0.5, 0.6) is 0 Å². The summed E-state index contributed by atoms with van der Waals surface area (Å²) in [6.07, 6.45) is 2.64. The topological polar surface area (TPSA) is 81.8 Å². The van der Waals surface area contributed by atoms with Crippen molar-refractivity contribution in [3.63, 3.8) is 0 Å². The number of furan rings is 1. The van der Waals surface area contributed by atoms with Crippen molar-refractivity contribution in [3.8, 4) is 6.19 Å². The van der Waals surface area contributed by atoms with Gasteiger partial charge in [0.1, 0.15) is 11.5 Å². The van der Waals surface area contributed by atoms with Gasteiger partial charge in [-0.15, -0.1) is 4.99 Å². The van der Waals surface area contributed by atoms with E-state index in [-0.39, 0.29) is 5.96 Å². The van der Waals surface area contributed by atoms with E-state index in [0.717, 1.165) is 42.5 Å². The number of nitriles is 1. The predicted octanol–water partition coefficient (Wildman–Crippen LogP) is 4.07. The summed E-state index contributed by atoms with van der Waals surface area (Å²) in [4.78, 5) is 7.83. The van der Waals surface area contributed by atoms with Crippen molar-refractivity contribution in [1.29, 1.82) is 5.26 Å². The molecule has 0 aliphatic rings. The summed E-state index contributed by atoms with van der Waals surface area (Å²) in [7, 11) is 4.05. The summed E-state index contributed by atoms with van der Waals surface area (Å²) in [5.74, 6) is 3.89. The molecule has 0 bridgehead atoms. The standard InChI is InChI=1S/C24H29N5OS/c1-28(2)16-21-10-11-22(30-21)17-31-15-14-29(24(26)27-18-25)13-12-20-8-5-7-19-6-3-4-9-23(19)20/h3-11H,12-17H2,1-2H3,(H2,26,27). The molecule has 162 valence electrons. The highest BCUT2D eigenvalue weighted by Gasteiger charge is 2.11. The van der Waals surface area contributed by atoms with Crippen LogP contribution in [0.25, 0.3) is 10.8 Å². The van der Waals surface area contributed by atoms with Gasteiger partial charge in [-0.2, -0.15) is 17.0 Å². The largest absolute Gasteiger partial charge is 0.464 e. The average Bonchev–Trinajstić information content (AvgIpc) is 3.19. The van der Waals surface area contributed by atoms with Crippen molar-refractivity contribution < 1.29 is 4.42 Å². The van der Waals surface area contributed by atoms with Crippen LogP contribution in [0.2, 0.25) is 0 Å². The summed E-state index contributed by atoms with van der Waals surface area (Å²) >= 11 is 1.78. The molecule has 0 saturated carbocycles. The van der Waals surface area contributed by atoms with Gasteiger partial charge in [-0.05, 0) is 49.0 Å². The maximum Gasteiger partial charge on any atom is 0.209 e. The number of nitrogens with zero attached hydrogens (tertiary/aromatic N) is 4. The van der Waals surface area contributed by atoms with E-state index in [1.54, 1.807) is 18.0 Å². The number of guanidine groups is 1. The Morgan fingerprint density at radius 3 is 2.65 bits per heavy atom. The fraction of sp³-hybridized carbons (Fsp3) is 0.333. The number of hydrogen-bond acceptors (Lipinski definition) is 5. The van der Waals surface area contributed by atoms with Crippen LogP contribution in [0.3, 0.4) is 0 Å². The fourth-order valence-electron chi connectivity index (χ4n) is 3.47. The van der Waals surface area contributed by atoms with Crippen LogP contribution in [-0.2, 0) is 18.7 Å². The molecule has 0 atom stereocenters. The summed E-state index contributed by atoms with van der Waals surface area (Å²) in [5, 5.41) is 11.4. The van der Waals surface area contributed by atoms with Crippen LogP contribution >= 0.6 is 11.8 Å². The van der Waals surface area contributed by atoms with E-state index < -0.39 is 0 Å². The molecule has 31 heavy (non-hydrogen) atoms. The summed E-state index contributed by atoms with van der Waals surface area (Å²) in [5.41, 5.74) is 7.34. The van der Waals surface area contributed by atoms with Crippen molar-refractivity contribution >= 4 is 28.5 Å². The smallest absolute Gasteiger partial charge is 0.209 e. The van der Waals surface area contributed by atoms with Gasteiger partial charge in [0.05, 0.1) is 12.3 Å². The average molecular weight is 436 g/mol. The van der Waals surface area contributed by atoms with E-state index in [1.807, 2.05) is 31.1 Å². The first kappa shape index (κ1) is 22.7. The first-order valence-corrected chi connectivity index (χ1v) is 11.5. The number of rotatable bonds is 10. The molecule has 1 aromatic heterocycles. The molecule has 2 N–H and O–H groups in total. The molecule has 0 spiro atoms. The lowest BCUT2D eigenvalue weighted by Gasteiger charge is -2.23. The lowest BCUT2D eigenvalue weighted by Crippen LogP contribution is -2.40. The molecule has 0 fully saturated rings. The number of benzene rings is 2. The minimum Gasteiger partial charge on any atom is -0.464 e. The second-order valence-electron chi connectivity index (χ2n) is 7.60. The quantitative estimate of drug-likeness (QED) is 0.224. The van der Waals surface area contributed by atoms with Gasteiger partial charge in [0.15, 0.2) is 0 Å². The maximum absolute atomic E-state index is 8.93. The van der Waals surface area contributed by atoms with Crippen LogP contribution in [0.1, 0.15) is 17.1 Å². The Balaban J connectivity index is 1.55. The Kier molecular flexibility index (Phi) is 8.39. The van der Waals surface area contributed by atoms with Crippen molar-refractivity contribution in [2.45, 2.75) is 18.7 Å². The van der Waals surface area contributed by atoms with Crippen LogP contribution in [-0.4, -0.2) is 48.7 Å². The Hall–Kier alpha value is -2.95. The second-order valence-corrected chi connectivity index (χ2v) is 8.71. The number of fused-ring (bicyclic) bond motifs is 1. The summed E-state index contributed by atoms with van der Waals surface area (Å²) < 4.78 is 5.87. The Bertz CT molecular complexity index is 1050. The molecule has 7 heteroatoms. The zero-order chi connectivity index (χ0) is 22.1. The van der Waals surface area contributed by atoms with E-state index in [2.05, 4.69) is 52.4 Å². The molecule has 6 nitrogen and oxygen atoms in total. The van der Waals surface area contributed by atoms with E-state index >= 15 is 0 Å². The molecule has 2 aromatic carbocycles. The predicted molar refractivity (Wildman–Crippen MR) is 129 cm³/mol. The molecule has 1 heterocycles. The Morgan fingerprint density at radius 2 is 1.84 bits per heavy atom. The van der Waals surface area contributed by atoms with Crippen molar-refractivity contribution in [3.05, 3.63) is 71.7 Å². The first-order chi connectivity index (χ1) is 15.1. The zero-order valence-corrected chi connectivity index (χ0v) is 18.9. The van der Waals surface area contributed by atoms with Gasteiger partial charge in [0, 0.05) is 18.8 Å². The van der Waals surface area contributed by atoms with Crippen LogP contribution in [0.4, 0.5) is 0 Å². The first-order valence-electron chi connectivity index (χ1n) is 10.3. The highest BCUT2D eigenvalue weighted by Crippen LogP contribution is 2.20. The van der Waals surface area contributed by atoms with E-state index in [9.17, 15) is 0 Å². The van der Waals surface area contributed by atoms with Gasteiger partial charge in [-0.1, -0.05) is 42.5 Å². The summed E-state index contributed by atoms with van der Waals surface area (Å²) in [6, 6.07) is 18.8. The number of hydrogen-bond donors (Lipinski definition) is 1. The van der Waals surface area contributed by atoms with Crippen LogP contribution < -0.4 is 5.73 Å². The number of thioether (sulfide) groups is 1. The van der Waals surface area contributed by atoms with Crippen molar-refractivity contribution in [2.24, 2.45) is 10.7 Å². The molecule has 0 amide bonds. The van der Waals surface area contributed by atoms with Crippen molar-refractivity contribution in [1.82, 2.24) is 9.80 Å². The van der Waals surface area contributed by atoms with Gasteiger partial charge in [-0.3, -0.25) is 0 Å². The normalized spacial score (nSPS) is 11.7. The minimum atomic E-state index is 0.273. The van der Waals surface area contributed by atoms with E-state index in [4.69, 9.17) is 15.4 Å². The fourth-order valence-corrected chi connectivity index (χ4v) is 4.32. The van der Waals surface area contributed by atoms with Gasteiger partial charge in [0.25, 0.3) is 0 Å². The number of aliphatic imine (C=N–C) groups is 1. The molecule has 3 aromatic rings. The van der Waals surface area contributed by atoms with Gasteiger partial charge in [-0.25, -0.2) is 0 Å². The molecule has 0 radical (unpaired) electrons. The van der Waals surface area contributed by atoms with Crippen LogP contribution in [0, 0.1) is 11.5 Å². The highest BCUT2D eigenvalue weighted by molar-refractivity contribution is 7.98. The maximum atomic E-state index is 8.93. The van der Waals surface area contributed by atoms with Gasteiger partial charge >= 0.3 is 0 Å². The molecule has 0 aliphatic heterocycles. The van der Waals surface area contributed by atoms with E-state index in [1.165, 1.54) is 16.3 Å². The Labute approximate surface area is 188 Å². The lowest BCUT2D eigenvalue weighted by molar-refractivity contribution is 0.344. The third-order valence-electron chi connectivity index (χ3n) is 4.96. The minimum absolute atomic E-state index is 0.273. The molecular weight excluding hydrogens is 406 g/mol. The van der Waals surface area contributed by atoms with Gasteiger partial charge < -0.3 is 20.0 Å². The highest BCUT2D eigenvalue weighted by atomic mass is 32.2. The molecule has 0 aliphatic carbocycles. The van der Waals surface area contributed by atoms with Gasteiger partial charge in [0.2, 0.25) is 12.2 Å². The molecule has 0 saturated heterocycles. The third-order valence-corrected chi connectivity index (χ3v) is 5.92.